The van der Waals surface area contributed by atoms with E-state index in [1.165, 1.54) is 25.9 Å². The average Bonchev–Trinajstić information content (AvgIpc) is 2.71. The lowest BCUT2D eigenvalue weighted by Gasteiger charge is -2.25. The third-order valence-corrected chi connectivity index (χ3v) is 3.04. The maximum absolute atomic E-state index is 5.80. The molecule has 4 nitrogen and oxygen atoms in total. The summed E-state index contributed by atoms with van der Waals surface area (Å²) in [6.07, 6.45) is 3.82. The third kappa shape index (κ3) is 6.45. The molecule has 1 heterocycles. The van der Waals surface area contributed by atoms with Gasteiger partial charge in [-0.2, -0.15) is 0 Å². The summed E-state index contributed by atoms with van der Waals surface area (Å²) in [5.41, 5.74) is 5.80. The summed E-state index contributed by atoms with van der Waals surface area (Å²) in [5, 5.41) is 3.12. The number of hydrogen-bond acceptors (Lipinski definition) is 2. The molecule has 1 rings (SSSR count). The predicted molar refractivity (Wildman–Crippen MR) is 85.1 cm³/mol. The van der Waals surface area contributed by atoms with Crippen LogP contribution in [0.4, 0.5) is 0 Å². The Labute approximate surface area is 122 Å². The van der Waals surface area contributed by atoms with E-state index in [2.05, 4.69) is 36.0 Å². The Bertz CT molecular complexity index is 225. The van der Waals surface area contributed by atoms with Crippen molar-refractivity contribution in [1.82, 2.24) is 10.2 Å². The molecular formula is C12H27IN4. The zero-order valence-electron chi connectivity index (χ0n) is 11.3. The quantitative estimate of drug-likeness (QED) is 0.450. The topological polar surface area (TPSA) is 53.6 Å². The van der Waals surface area contributed by atoms with Gasteiger partial charge in [0.05, 0.1) is 6.54 Å². The SMILES string of the molecule is CCC(CN=C(N)NC(C)C)N1CCCC1.I. The maximum atomic E-state index is 5.80. The number of nitrogens with two attached hydrogens (primary N) is 1. The Hall–Kier alpha value is -0.0400. The van der Waals surface area contributed by atoms with Gasteiger partial charge in [0.2, 0.25) is 0 Å². The van der Waals surface area contributed by atoms with Gasteiger partial charge in [0.1, 0.15) is 0 Å². The lowest BCUT2D eigenvalue weighted by atomic mass is 10.2. The van der Waals surface area contributed by atoms with Gasteiger partial charge < -0.3 is 11.1 Å². The Morgan fingerprint density at radius 3 is 2.41 bits per heavy atom. The molecule has 0 bridgehead atoms. The molecule has 0 amide bonds. The molecule has 1 aliphatic rings. The third-order valence-electron chi connectivity index (χ3n) is 3.04. The zero-order valence-corrected chi connectivity index (χ0v) is 13.6. The van der Waals surface area contributed by atoms with Crippen molar-refractivity contribution in [3.63, 3.8) is 0 Å². The first-order valence-corrected chi connectivity index (χ1v) is 6.44. The first kappa shape index (κ1) is 17.0. The monoisotopic (exact) mass is 354 g/mol. The minimum atomic E-state index is 0. The van der Waals surface area contributed by atoms with Crippen molar-refractivity contribution in [2.75, 3.05) is 19.6 Å². The van der Waals surface area contributed by atoms with Crippen LogP contribution in [0.1, 0.15) is 40.0 Å². The van der Waals surface area contributed by atoms with E-state index in [4.69, 9.17) is 5.73 Å². The van der Waals surface area contributed by atoms with Crippen LogP contribution >= 0.6 is 24.0 Å². The van der Waals surface area contributed by atoms with E-state index < -0.39 is 0 Å². The molecule has 0 aliphatic carbocycles. The summed E-state index contributed by atoms with van der Waals surface area (Å²) < 4.78 is 0. The summed E-state index contributed by atoms with van der Waals surface area (Å²) >= 11 is 0. The van der Waals surface area contributed by atoms with Gasteiger partial charge in [-0.1, -0.05) is 6.92 Å². The van der Waals surface area contributed by atoms with Crippen LogP contribution in [0.3, 0.4) is 0 Å². The predicted octanol–water partition coefficient (Wildman–Crippen LogP) is 1.79. The molecule has 1 aliphatic heterocycles. The Kier molecular flexibility index (Phi) is 8.94. The highest BCUT2D eigenvalue weighted by molar-refractivity contribution is 14.0. The number of aliphatic imine (C=N–C) groups is 1. The number of guanidine groups is 1. The molecule has 0 spiro atoms. The van der Waals surface area contributed by atoms with Gasteiger partial charge in [0.15, 0.2) is 5.96 Å². The second-order valence-corrected chi connectivity index (χ2v) is 4.83. The van der Waals surface area contributed by atoms with Crippen molar-refractivity contribution in [2.45, 2.75) is 52.1 Å². The summed E-state index contributed by atoms with van der Waals surface area (Å²) in [5.74, 6) is 0.577. The lowest BCUT2D eigenvalue weighted by Crippen LogP contribution is -2.39. The van der Waals surface area contributed by atoms with Gasteiger partial charge in [-0.25, -0.2) is 0 Å². The molecule has 0 aromatic heterocycles. The lowest BCUT2D eigenvalue weighted by molar-refractivity contribution is 0.242. The van der Waals surface area contributed by atoms with Gasteiger partial charge in [0.25, 0.3) is 0 Å². The number of halogens is 1. The minimum Gasteiger partial charge on any atom is -0.370 e. The summed E-state index contributed by atoms with van der Waals surface area (Å²) in [7, 11) is 0. The Morgan fingerprint density at radius 2 is 1.94 bits per heavy atom. The molecule has 3 N–H and O–H groups in total. The highest BCUT2D eigenvalue weighted by atomic mass is 127. The van der Waals surface area contributed by atoms with E-state index in [1.807, 2.05) is 0 Å². The highest BCUT2D eigenvalue weighted by Gasteiger charge is 2.19. The number of nitrogens with one attached hydrogen (secondary N) is 1. The molecule has 1 fully saturated rings. The Balaban J connectivity index is 0.00000256. The van der Waals surface area contributed by atoms with E-state index >= 15 is 0 Å². The van der Waals surface area contributed by atoms with Crippen LogP contribution in [0.2, 0.25) is 0 Å². The summed E-state index contributed by atoms with van der Waals surface area (Å²) in [6, 6.07) is 0.922. The van der Waals surface area contributed by atoms with Gasteiger partial charge >= 0.3 is 0 Å². The highest BCUT2D eigenvalue weighted by Crippen LogP contribution is 2.14. The standard InChI is InChI=1S/C12H26N4.HI/c1-4-11(16-7-5-6-8-16)9-14-12(13)15-10(2)3;/h10-11H,4-9H2,1-3H3,(H3,13,14,15);1H. The van der Waals surface area contributed by atoms with Crippen LogP contribution in [-0.4, -0.2) is 42.6 Å². The van der Waals surface area contributed by atoms with Crippen molar-refractivity contribution >= 4 is 29.9 Å². The molecular weight excluding hydrogens is 327 g/mol. The largest absolute Gasteiger partial charge is 0.370 e. The van der Waals surface area contributed by atoms with Crippen molar-refractivity contribution < 1.29 is 0 Å². The fourth-order valence-corrected chi connectivity index (χ4v) is 2.15. The molecule has 1 atom stereocenters. The molecule has 102 valence electrons. The zero-order chi connectivity index (χ0) is 12.0. The van der Waals surface area contributed by atoms with Crippen molar-refractivity contribution in [3.05, 3.63) is 0 Å². The average molecular weight is 354 g/mol. The van der Waals surface area contributed by atoms with Gasteiger partial charge in [-0.3, -0.25) is 9.89 Å². The minimum absolute atomic E-state index is 0. The van der Waals surface area contributed by atoms with Crippen LogP contribution in [0, 0.1) is 0 Å². The van der Waals surface area contributed by atoms with E-state index in [0.29, 0.717) is 18.0 Å². The van der Waals surface area contributed by atoms with E-state index in [9.17, 15) is 0 Å². The van der Waals surface area contributed by atoms with Crippen LogP contribution in [-0.2, 0) is 0 Å². The van der Waals surface area contributed by atoms with Gasteiger partial charge in [0, 0.05) is 12.1 Å². The van der Waals surface area contributed by atoms with E-state index in [1.54, 1.807) is 0 Å². The van der Waals surface area contributed by atoms with Crippen LogP contribution in [0.15, 0.2) is 4.99 Å². The number of nitrogens with zero attached hydrogens (tertiary/aromatic N) is 2. The number of likely N-dealkylation sites (tertiary alicyclic amines) is 1. The maximum Gasteiger partial charge on any atom is 0.188 e. The summed E-state index contributed by atoms with van der Waals surface area (Å²) in [6.45, 7) is 9.64. The molecule has 0 saturated carbocycles. The fraction of sp³-hybridized carbons (Fsp3) is 0.917. The molecule has 1 saturated heterocycles. The van der Waals surface area contributed by atoms with Gasteiger partial charge in [-0.15, -0.1) is 24.0 Å². The van der Waals surface area contributed by atoms with Gasteiger partial charge in [-0.05, 0) is 46.2 Å². The molecule has 0 aromatic rings. The van der Waals surface area contributed by atoms with E-state index in [0.717, 1.165) is 13.0 Å². The fourth-order valence-electron chi connectivity index (χ4n) is 2.15. The molecule has 0 aromatic carbocycles. The summed E-state index contributed by atoms with van der Waals surface area (Å²) in [4.78, 5) is 6.96. The van der Waals surface area contributed by atoms with Crippen molar-refractivity contribution in [2.24, 2.45) is 10.7 Å². The normalized spacial score (nSPS) is 19.2. The molecule has 5 heteroatoms. The van der Waals surface area contributed by atoms with Crippen LogP contribution in [0.5, 0.6) is 0 Å². The van der Waals surface area contributed by atoms with Crippen LogP contribution < -0.4 is 11.1 Å². The smallest absolute Gasteiger partial charge is 0.188 e. The molecule has 0 radical (unpaired) electrons. The second kappa shape index (κ2) is 8.97. The van der Waals surface area contributed by atoms with E-state index in [-0.39, 0.29) is 24.0 Å². The second-order valence-electron chi connectivity index (χ2n) is 4.83. The first-order chi connectivity index (χ1) is 7.63. The number of rotatable bonds is 5. The van der Waals surface area contributed by atoms with Crippen molar-refractivity contribution in [3.8, 4) is 0 Å². The molecule has 1 unspecified atom stereocenters. The molecule has 17 heavy (non-hydrogen) atoms. The number of hydrogen-bond donors (Lipinski definition) is 2. The van der Waals surface area contributed by atoms with Crippen molar-refractivity contribution in [1.29, 1.82) is 0 Å². The van der Waals surface area contributed by atoms with Crippen LogP contribution in [0.25, 0.3) is 0 Å². The Morgan fingerprint density at radius 1 is 1.35 bits per heavy atom. The first-order valence-electron chi connectivity index (χ1n) is 6.44.